The Kier molecular flexibility index (Phi) is 9.31. The van der Waals surface area contributed by atoms with E-state index in [4.69, 9.17) is 19.3 Å². The molecule has 2 N–H and O–H groups in total. The second-order valence-electron chi connectivity index (χ2n) is 6.42. The molecule has 0 bridgehead atoms. The second kappa shape index (κ2) is 11.7. The predicted molar refractivity (Wildman–Crippen MR) is 119 cm³/mol. The predicted octanol–water partition coefficient (Wildman–Crippen LogP) is 2.57. The van der Waals surface area contributed by atoms with E-state index in [0.29, 0.717) is 28.1 Å². The minimum Gasteiger partial charge on any atom is -0.490 e. The summed E-state index contributed by atoms with van der Waals surface area (Å²) in [4.78, 5) is 34.2. The van der Waals surface area contributed by atoms with Crippen LogP contribution in [-0.4, -0.2) is 58.9 Å². The molecule has 0 aliphatic carbocycles. The zero-order valence-electron chi connectivity index (χ0n) is 17.1. The molecule has 1 aromatic rings. The lowest BCUT2D eigenvalue weighted by molar-refractivity contribution is -0.149. The van der Waals surface area contributed by atoms with Gasteiger partial charge in [-0.05, 0) is 48.8 Å². The highest BCUT2D eigenvalue weighted by molar-refractivity contribution is 9.10. The lowest BCUT2D eigenvalue weighted by Gasteiger charge is -2.14. The van der Waals surface area contributed by atoms with Crippen molar-refractivity contribution in [3.05, 3.63) is 22.2 Å². The summed E-state index contributed by atoms with van der Waals surface area (Å²) in [7, 11) is 0. The molecule has 1 saturated heterocycles. The number of carboxylic acids is 1. The normalized spacial score (nSPS) is 17.3. The number of carbonyl (C=O) groups is 3. The number of amides is 1. The number of aliphatic carboxylic acids is 1. The van der Waals surface area contributed by atoms with Gasteiger partial charge in [-0.2, -0.15) is 5.10 Å². The van der Waals surface area contributed by atoms with E-state index in [-0.39, 0.29) is 24.3 Å². The number of carboxylic acid groups (broad SMARTS) is 1. The fourth-order valence-corrected chi connectivity index (χ4v) is 3.69. The van der Waals surface area contributed by atoms with Gasteiger partial charge < -0.3 is 24.6 Å². The summed E-state index contributed by atoms with van der Waals surface area (Å²) < 4.78 is 16.8. The quantitative estimate of drug-likeness (QED) is 0.275. The first-order chi connectivity index (χ1) is 14.7. The fraction of sp³-hybridized carbons (Fsp3) is 0.421. The highest BCUT2D eigenvalue weighted by Gasteiger charge is 2.32. The third kappa shape index (κ3) is 7.87. The van der Waals surface area contributed by atoms with Crippen LogP contribution in [-0.2, 0) is 19.1 Å². The van der Waals surface area contributed by atoms with Crippen molar-refractivity contribution in [2.75, 3.05) is 13.2 Å². The largest absolute Gasteiger partial charge is 0.490 e. The first kappa shape index (κ1) is 24.7. The molecule has 2 rings (SSSR count). The van der Waals surface area contributed by atoms with Gasteiger partial charge in [0.15, 0.2) is 23.3 Å². The number of hydrogen-bond donors (Lipinski definition) is 2. The standard InChI is InChI=1S/C19H22BrN3O7S/c1-4-28-13-5-11(12(20)6-14(13)29-9-17(26)30-10(2)3)8-21-23-19-22-18(27)15(31-19)7-16(24)25/h5-6,8,10,15H,4,7,9H2,1-3H3,(H,24,25)(H,22,23,27). The van der Waals surface area contributed by atoms with Crippen molar-refractivity contribution in [1.82, 2.24) is 5.32 Å². The minimum absolute atomic E-state index is 0.220. The number of amidine groups is 1. The Bertz CT molecular complexity index is 905. The number of benzene rings is 1. The topological polar surface area (TPSA) is 136 Å². The van der Waals surface area contributed by atoms with Crippen LogP contribution in [0.15, 0.2) is 26.8 Å². The number of carbonyl (C=O) groups excluding carboxylic acids is 2. The van der Waals surface area contributed by atoms with Crippen molar-refractivity contribution in [3.8, 4) is 11.5 Å². The van der Waals surface area contributed by atoms with Crippen LogP contribution in [0.25, 0.3) is 0 Å². The number of thioether (sulfide) groups is 1. The van der Waals surface area contributed by atoms with Gasteiger partial charge in [0.1, 0.15) is 5.25 Å². The maximum atomic E-state index is 11.7. The van der Waals surface area contributed by atoms with Crippen LogP contribution in [0.3, 0.4) is 0 Å². The molecule has 0 spiro atoms. The van der Waals surface area contributed by atoms with E-state index in [2.05, 4.69) is 31.4 Å². The maximum absolute atomic E-state index is 11.7. The summed E-state index contributed by atoms with van der Waals surface area (Å²) in [5, 5.41) is 18.7. The van der Waals surface area contributed by atoms with Gasteiger partial charge in [0.05, 0.1) is 25.3 Å². The van der Waals surface area contributed by atoms with Crippen LogP contribution in [0, 0.1) is 0 Å². The number of hydrogen-bond acceptors (Lipinski definition) is 9. The average molecular weight is 516 g/mol. The van der Waals surface area contributed by atoms with Crippen molar-refractivity contribution in [3.63, 3.8) is 0 Å². The summed E-state index contributed by atoms with van der Waals surface area (Å²) >= 11 is 4.42. The molecule has 1 atom stereocenters. The van der Waals surface area contributed by atoms with Crippen molar-refractivity contribution >= 4 is 56.9 Å². The molecule has 1 heterocycles. The third-order valence-electron chi connectivity index (χ3n) is 3.56. The number of esters is 1. The van der Waals surface area contributed by atoms with Gasteiger partial charge in [-0.1, -0.05) is 11.8 Å². The van der Waals surface area contributed by atoms with E-state index in [1.165, 1.54) is 6.21 Å². The first-order valence-electron chi connectivity index (χ1n) is 9.28. The van der Waals surface area contributed by atoms with Gasteiger partial charge >= 0.3 is 11.9 Å². The summed E-state index contributed by atoms with van der Waals surface area (Å²) in [6.07, 6.45) is 0.902. The van der Waals surface area contributed by atoms with Crippen LogP contribution in [0.4, 0.5) is 0 Å². The van der Waals surface area contributed by atoms with E-state index in [1.54, 1.807) is 26.0 Å². The summed E-state index contributed by atoms with van der Waals surface area (Å²) in [6, 6.07) is 3.30. The van der Waals surface area contributed by atoms with E-state index >= 15 is 0 Å². The van der Waals surface area contributed by atoms with Crippen molar-refractivity contribution in [2.24, 2.45) is 10.2 Å². The summed E-state index contributed by atoms with van der Waals surface area (Å²) in [5.41, 5.74) is 0.612. The van der Waals surface area contributed by atoms with Crippen LogP contribution >= 0.6 is 27.7 Å². The number of nitrogens with zero attached hydrogens (tertiary/aromatic N) is 2. The van der Waals surface area contributed by atoms with Gasteiger partial charge in [-0.25, -0.2) is 4.79 Å². The summed E-state index contributed by atoms with van der Waals surface area (Å²) in [6.45, 7) is 5.42. The number of nitrogens with one attached hydrogen (secondary N) is 1. The monoisotopic (exact) mass is 515 g/mol. The van der Waals surface area contributed by atoms with Gasteiger partial charge in [0.25, 0.3) is 0 Å². The smallest absolute Gasteiger partial charge is 0.344 e. The number of rotatable bonds is 10. The highest BCUT2D eigenvalue weighted by atomic mass is 79.9. The van der Waals surface area contributed by atoms with Gasteiger partial charge in [0.2, 0.25) is 5.91 Å². The zero-order chi connectivity index (χ0) is 23.0. The Labute approximate surface area is 191 Å². The zero-order valence-corrected chi connectivity index (χ0v) is 19.5. The molecule has 0 aromatic heterocycles. The molecule has 31 heavy (non-hydrogen) atoms. The number of ether oxygens (including phenoxy) is 3. The van der Waals surface area contributed by atoms with E-state index in [1.807, 2.05) is 6.92 Å². The van der Waals surface area contributed by atoms with E-state index in [9.17, 15) is 14.4 Å². The Hall–Kier alpha value is -2.60. The molecule has 0 radical (unpaired) electrons. The molecule has 12 heteroatoms. The van der Waals surface area contributed by atoms with Crippen molar-refractivity contribution < 1.29 is 33.7 Å². The molecular weight excluding hydrogens is 494 g/mol. The Morgan fingerprint density at radius 1 is 1.32 bits per heavy atom. The molecule has 10 nitrogen and oxygen atoms in total. The second-order valence-corrected chi connectivity index (χ2v) is 8.47. The molecule has 1 amide bonds. The Morgan fingerprint density at radius 3 is 2.68 bits per heavy atom. The minimum atomic E-state index is -1.07. The van der Waals surface area contributed by atoms with Crippen molar-refractivity contribution in [2.45, 2.75) is 38.5 Å². The molecule has 1 aromatic carbocycles. The van der Waals surface area contributed by atoms with Crippen LogP contribution in [0.5, 0.6) is 11.5 Å². The van der Waals surface area contributed by atoms with Gasteiger partial charge in [0, 0.05) is 10.0 Å². The third-order valence-corrected chi connectivity index (χ3v) is 5.32. The SMILES string of the molecule is CCOc1cc(C=NN=C2NC(=O)C(CC(=O)O)S2)c(Br)cc1OCC(=O)OC(C)C. The maximum Gasteiger partial charge on any atom is 0.344 e. The lowest BCUT2D eigenvalue weighted by atomic mass is 10.2. The van der Waals surface area contributed by atoms with Crippen molar-refractivity contribution in [1.29, 1.82) is 0 Å². The molecular formula is C19H22BrN3O7S. The molecule has 1 aliphatic heterocycles. The average Bonchev–Trinajstić information content (AvgIpc) is 3.01. The molecule has 1 unspecified atom stereocenters. The van der Waals surface area contributed by atoms with Gasteiger partial charge in [-0.3, -0.25) is 9.59 Å². The molecule has 1 aliphatic rings. The van der Waals surface area contributed by atoms with Crippen LogP contribution in [0.1, 0.15) is 32.8 Å². The molecule has 0 saturated carbocycles. The fourth-order valence-electron chi connectivity index (χ4n) is 2.35. The van der Waals surface area contributed by atoms with E-state index < -0.39 is 23.1 Å². The highest BCUT2D eigenvalue weighted by Crippen LogP contribution is 2.33. The Morgan fingerprint density at radius 2 is 2.03 bits per heavy atom. The Balaban J connectivity index is 2.11. The molecule has 168 valence electrons. The van der Waals surface area contributed by atoms with Crippen LogP contribution in [0.2, 0.25) is 0 Å². The first-order valence-corrected chi connectivity index (χ1v) is 11.0. The van der Waals surface area contributed by atoms with E-state index in [0.717, 1.165) is 11.8 Å². The van der Waals surface area contributed by atoms with Gasteiger partial charge in [-0.15, -0.1) is 5.10 Å². The summed E-state index contributed by atoms with van der Waals surface area (Å²) in [5.74, 6) is -1.22. The molecule has 1 fully saturated rings. The number of halogens is 1. The van der Waals surface area contributed by atoms with Crippen LogP contribution < -0.4 is 14.8 Å². The lowest BCUT2D eigenvalue weighted by Crippen LogP contribution is -2.26.